The van der Waals surface area contributed by atoms with Crippen molar-refractivity contribution < 1.29 is 18.4 Å². The lowest BCUT2D eigenvalue weighted by Crippen LogP contribution is -2.23. The van der Waals surface area contributed by atoms with E-state index in [4.69, 9.17) is 9.26 Å². The van der Waals surface area contributed by atoms with E-state index in [2.05, 4.69) is 20.7 Å². The molecule has 0 bridgehead atoms. The van der Waals surface area contributed by atoms with Crippen molar-refractivity contribution in [3.63, 3.8) is 0 Å². The Morgan fingerprint density at radius 3 is 2.75 bits per heavy atom. The SMILES string of the molecule is Cc1cc(NC(=O)C(C)Sc2nnc(C(C)Oc3ccccc3F)n2C)no1. The standard InChI is InChI=1S/C18H20FN5O3S/c1-10-9-15(23-27-10)20-17(25)12(3)28-18-22-21-16(24(18)4)11(2)26-14-8-6-5-7-13(14)19/h5-9,11-12H,1-4H3,(H,20,23,25). The molecule has 3 rings (SSSR count). The van der Waals surface area contributed by atoms with Gasteiger partial charge in [0, 0.05) is 13.1 Å². The fraction of sp³-hybridized carbons (Fsp3) is 0.333. The van der Waals surface area contributed by atoms with Gasteiger partial charge in [-0.3, -0.25) is 4.79 Å². The number of aryl methyl sites for hydroxylation is 1. The zero-order valence-corrected chi connectivity index (χ0v) is 16.7. The van der Waals surface area contributed by atoms with Crippen molar-refractivity contribution in [2.45, 2.75) is 37.3 Å². The Balaban J connectivity index is 1.65. The van der Waals surface area contributed by atoms with Gasteiger partial charge in [-0.05, 0) is 32.9 Å². The number of para-hydroxylation sites is 1. The lowest BCUT2D eigenvalue weighted by atomic mass is 10.3. The van der Waals surface area contributed by atoms with E-state index in [-0.39, 0.29) is 11.7 Å². The second kappa shape index (κ2) is 8.42. The minimum atomic E-state index is -0.522. The lowest BCUT2D eigenvalue weighted by molar-refractivity contribution is -0.115. The summed E-state index contributed by atoms with van der Waals surface area (Å²) >= 11 is 1.24. The molecule has 0 radical (unpaired) electrons. The summed E-state index contributed by atoms with van der Waals surface area (Å²) in [5.74, 6) is 0.948. The van der Waals surface area contributed by atoms with E-state index in [9.17, 15) is 9.18 Å². The molecule has 0 saturated carbocycles. The van der Waals surface area contributed by atoms with Gasteiger partial charge in [0.1, 0.15) is 5.76 Å². The van der Waals surface area contributed by atoms with Gasteiger partial charge in [-0.2, -0.15) is 0 Å². The molecule has 0 spiro atoms. The van der Waals surface area contributed by atoms with Crippen LogP contribution in [-0.4, -0.2) is 31.1 Å². The molecule has 0 aliphatic heterocycles. The molecule has 3 aromatic rings. The van der Waals surface area contributed by atoms with Gasteiger partial charge in [0.05, 0.1) is 5.25 Å². The van der Waals surface area contributed by atoms with Crippen molar-refractivity contribution in [1.82, 2.24) is 19.9 Å². The Bertz CT molecular complexity index is 974. The molecular weight excluding hydrogens is 385 g/mol. The van der Waals surface area contributed by atoms with Crippen LogP contribution >= 0.6 is 11.8 Å². The van der Waals surface area contributed by atoms with Gasteiger partial charge < -0.3 is 19.1 Å². The van der Waals surface area contributed by atoms with Crippen LogP contribution in [0.25, 0.3) is 0 Å². The Morgan fingerprint density at radius 1 is 1.32 bits per heavy atom. The summed E-state index contributed by atoms with van der Waals surface area (Å²) in [6.45, 7) is 5.25. The molecule has 0 aliphatic rings. The molecule has 1 N–H and O–H groups in total. The van der Waals surface area contributed by atoms with Crippen LogP contribution in [0.3, 0.4) is 0 Å². The number of rotatable bonds is 7. The molecule has 10 heteroatoms. The normalized spacial score (nSPS) is 13.2. The molecular formula is C18H20FN5O3S. The van der Waals surface area contributed by atoms with Crippen LogP contribution in [0.2, 0.25) is 0 Å². The molecule has 1 amide bonds. The molecule has 2 aromatic heterocycles. The number of hydrogen-bond donors (Lipinski definition) is 1. The van der Waals surface area contributed by atoms with E-state index in [1.54, 1.807) is 56.7 Å². The van der Waals surface area contributed by atoms with Crippen molar-refractivity contribution in [2.75, 3.05) is 5.32 Å². The maximum Gasteiger partial charge on any atom is 0.238 e. The number of nitrogens with one attached hydrogen (secondary N) is 1. The van der Waals surface area contributed by atoms with Gasteiger partial charge >= 0.3 is 0 Å². The third-order valence-corrected chi connectivity index (χ3v) is 5.04. The Morgan fingerprint density at radius 2 is 2.07 bits per heavy atom. The highest BCUT2D eigenvalue weighted by Crippen LogP contribution is 2.27. The number of hydrogen-bond acceptors (Lipinski definition) is 7. The molecule has 2 unspecified atom stereocenters. The largest absolute Gasteiger partial charge is 0.480 e. The van der Waals surface area contributed by atoms with Crippen molar-refractivity contribution in [1.29, 1.82) is 0 Å². The molecule has 2 atom stereocenters. The van der Waals surface area contributed by atoms with Gasteiger partial charge in [-0.15, -0.1) is 10.2 Å². The van der Waals surface area contributed by atoms with Crippen molar-refractivity contribution in [2.24, 2.45) is 7.05 Å². The van der Waals surface area contributed by atoms with Crippen LogP contribution in [0.15, 0.2) is 40.0 Å². The number of halogens is 1. The summed E-state index contributed by atoms with van der Waals surface area (Å²) < 4.78 is 26.1. The van der Waals surface area contributed by atoms with Crippen LogP contribution < -0.4 is 10.1 Å². The molecule has 1 aromatic carbocycles. The Labute approximate surface area is 165 Å². The van der Waals surface area contributed by atoms with E-state index in [1.165, 1.54) is 17.8 Å². The summed E-state index contributed by atoms with van der Waals surface area (Å²) in [5.41, 5.74) is 0. The number of carbonyl (C=O) groups is 1. The maximum atomic E-state index is 13.8. The highest BCUT2D eigenvalue weighted by Gasteiger charge is 2.22. The first-order valence-corrected chi connectivity index (χ1v) is 9.44. The second-order valence-electron chi connectivity index (χ2n) is 6.16. The quantitative estimate of drug-likeness (QED) is 0.601. The summed E-state index contributed by atoms with van der Waals surface area (Å²) in [7, 11) is 1.77. The predicted molar refractivity (Wildman–Crippen MR) is 102 cm³/mol. The Hall–Kier alpha value is -2.88. The molecule has 148 valence electrons. The first-order chi connectivity index (χ1) is 13.3. The number of anilines is 1. The lowest BCUT2D eigenvalue weighted by Gasteiger charge is -2.15. The van der Waals surface area contributed by atoms with Gasteiger partial charge in [0.2, 0.25) is 5.91 Å². The number of benzene rings is 1. The smallest absolute Gasteiger partial charge is 0.238 e. The molecule has 8 nitrogen and oxygen atoms in total. The minimum absolute atomic E-state index is 0.142. The van der Waals surface area contributed by atoms with Gasteiger partial charge in [-0.25, -0.2) is 4.39 Å². The fourth-order valence-corrected chi connectivity index (χ4v) is 3.25. The maximum absolute atomic E-state index is 13.8. The molecule has 0 aliphatic carbocycles. The third kappa shape index (κ3) is 4.50. The van der Waals surface area contributed by atoms with Crippen molar-refractivity contribution in [3.05, 3.63) is 47.7 Å². The summed E-state index contributed by atoms with van der Waals surface area (Å²) in [6.07, 6.45) is -0.522. The average molecular weight is 405 g/mol. The summed E-state index contributed by atoms with van der Waals surface area (Å²) in [5, 5.41) is 14.8. The van der Waals surface area contributed by atoms with Crippen LogP contribution in [0.5, 0.6) is 5.75 Å². The zero-order chi connectivity index (χ0) is 20.3. The van der Waals surface area contributed by atoms with Gasteiger partial charge in [-0.1, -0.05) is 29.1 Å². The predicted octanol–water partition coefficient (Wildman–Crippen LogP) is 3.51. The molecule has 0 saturated heterocycles. The van der Waals surface area contributed by atoms with Crippen molar-refractivity contribution in [3.8, 4) is 5.75 Å². The number of carbonyl (C=O) groups excluding carboxylic acids is 1. The van der Waals surface area contributed by atoms with Crippen LogP contribution in [0.4, 0.5) is 10.2 Å². The van der Waals surface area contributed by atoms with Crippen molar-refractivity contribution >= 4 is 23.5 Å². The van der Waals surface area contributed by atoms with E-state index in [1.807, 2.05) is 0 Å². The van der Waals surface area contributed by atoms with E-state index >= 15 is 0 Å². The first kappa shape index (κ1) is 19.9. The fourth-order valence-electron chi connectivity index (χ4n) is 2.43. The highest BCUT2D eigenvalue weighted by molar-refractivity contribution is 8.00. The summed E-state index contributed by atoms with van der Waals surface area (Å²) in [6, 6.07) is 7.81. The van der Waals surface area contributed by atoms with Crippen LogP contribution in [0.1, 0.15) is 31.5 Å². The minimum Gasteiger partial charge on any atom is -0.480 e. The van der Waals surface area contributed by atoms with E-state index in [0.29, 0.717) is 22.6 Å². The number of thioether (sulfide) groups is 1. The number of aromatic nitrogens is 4. The van der Waals surface area contributed by atoms with Crippen LogP contribution in [-0.2, 0) is 11.8 Å². The van der Waals surface area contributed by atoms with Gasteiger partial charge in [0.15, 0.2) is 34.5 Å². The van der Waals surface area contributed by atoms with Gasteiger partial charge in [0.25, 0.3) is 0 Å². The summed E-state index contributed by atoms with van der Waals surface area (Å²) in [4.78, 5) is 12.3. The monoisotopic (exact) mass is 405 g/mol. The first-order valence-electron chi connectivity index (χ1n) is 8.56. The molecule has 0 fully saturated rings. The average Bonchev–Trinajstić information content (AvgIpc) is 3.22. The zero-order valence-electron chi connectivity index (χ0n) is 15.8. The third-order valence-electron chi connectivity index (χ3n) is 3.90. The molecule has 2 heterocycles. The van der Waals surface area contributed by atoms with Crippen LogP contribution in [0, 0.1) is 12.7 Å². The Kier molecular flexibility index (Phi) is 5.98. The molecule has 28 heavy (non-hydrogen) atoms. The number of amides is 1. The highest BCUT2D eigenvalue weighted by atomic mass is 32.2. The topological polar surface area (TPSA) is 95.1 Å². The van der Waals surface area contributed by atoms with E-state index in [0.717, 1.165) is 0 Å². The van der Waals surface area contributed by atoms with E-state index < -0.39 is 17.2 Å². The number of nitrogens with zero attached hydrogens (tertiary/aromatic N) is 4. The second-order valence-corrected chi connectivity index (χ2v) is 7.47. The number of ether oxygens (including phenoxy) is 1.